The summed E-state index contributed by atoms with van der Waals surface area (Å²) in [6.45, 7) is 6.70. The number of nitrogens with zero attached hydrogens (tertiary/aromatic N) is 3. The van der Waals surface area contributed by atoms with Crippen molar-refractivity contribution in [1.29, 1.82) is 0 Å². The minimum absolute atomic E-state index is 0.0995. The van der Waals surface area contributed by atoms with E-state index in [-0.39, 0.29) is 5.54 Å². The van der Waals surface area contributed by atoms with Gasteiger partial charge in [-0.2, -0.15) is 9.90 Å². The molecule has 0 aromatic carbocycles. The van der Waals surface area contributed by atoms with E-state index in [1.807, 2.05) is 7.05 Å². The van der Waals surface area contributed by atoms with Gasteiger partial charge < -0.3 is 5.32 Å². The molecule has 0 amide bonds. The van der Waals surface area contributed by atoms with Crippen molar-refractivity contribution in [2.24, 2.45) is 7.05 Å². The van der Waals surface area contributed by atoms with Gasteiger partial charge in [0, 0.05) is 12.6 Å². The highest BCUT2D eigenvalue weighted by molar-refractivity contribution is 5.32. The number of unbranched alkanes of at least 4 members (excludes halogenated alkanes) is 4. The zero-order valence-electron chi connectivity index (χ0n) is 11.7. The third-order valence-corrected chi connectivity index (χ3v) is 2.97. The number of aromatic nitrogens is 3. The Morgan fingerprint density at radius 1 is 1.24 bits per heavy atom. The summed E-state index contributed by atoms with van der Waals surface area (Å²) in [6.07, 6.45) is 9.59. The van der Waals surface area contributed by atoms with Gasteiger partial charge in [-0.25, -0.2) is 0 Å². The molecule has 4 nitrogen and oxygen atoms in total. The number of aryl methyl sites for hydroxylation is 1. The average molecular weight is 238 g/mol. The summed E-state index contributed by atoms with van der Waals surface area (Å²) in [7, 11) is 1.84. The molecule has 0 radical (unpaired) electrons. The minimum Gasteiger partial charge on any atom is -0.362 e. The molecule has 1 aromatic rings. The van der Waals surface area contributed by atoms with Gasteiger partial charge in [0.2, 0.25) is 0 Å². The van der Waals surface area contributed by atoms with Crippen molar-refractivity contribution in [3.8, 4) is 0 Å². The summed E-state index contributed by atoms with van der Waals surface area (Å²) in [6, 6.07) is 0. The first kappa shape index (κ1) is 14.0. The quantitative estimate of drug-likeness (QED) is 0.706. The second-order valence-corrected chi connectivity index (χ2v) is 5.39. The van der Waals surface area contributed by atoms with Crippen molar-refractivity contribution in [2.75, 3.05) is 5.32 Å². The average Bonchev–Trinajstić information content (AvgIpc) is 2.62. The molecule has 0 aliphatic heterocycles. The highest BCUT2D eigenvalue weighted by Crippen LogP contribution is 2.19. The monoisotopic (exact) mass is 238 g/mol. The van der Waals surface area contributed by atoms with Crippen LogP contribution in [0.5, 0.6) is 0 Å². The van der Waals surface area contributed by atoms with Gasteiger partial charge in [0.25, 0.3) is 0 Å². The maximum Gasteiger partial charge on any atom is 0.168 e. The second kappa shape index (κ2) is 6.62. The molecule has 0 aliphatic carbocycles. The summed E-state index contributed by atoms with van der Waals surface area (Å²) in [4.78, 5) is 1.58. The summed E-state index contributed by atoms with van der Waals surface area (Å²) in [5.74, 6) is 0.867. The van der Waals surface area contributed by atoms with Gasteiger partial charge in [0.1, 0.15) is 0 Å². The molecule has 1 N–H and O–H groups in total. The molecule has 0 atom stereocenters. The van der Waals surface area contributed by atoms with E-state index < -0.39 is 0 Å². The van der Waals surface area contributed by atoms with Crippen LogP contribution in [0, 0.1) is 0 Å². The third-order valence-electron chi connectivity index (χ3n) is 2.97. The summed E-state index contributed by atoms with van der Waals surface area (Å²) < 4.78 is 0. The Bertz CT molecular complexity index is 317. The molecule has 0 fully saturated rings. The molecule has 4 heteroatoms. The van der Waals surface area contributed by atoms with Crippen LogP contribution in [0.3, 0.4) is 0 Å². The van der Waals surface area contributed by atoms with Crippen molar-refractivity contribution >= 4 is 5.82 Å². The van der Waals surface area contributed by atoms with Gasteiger partial charge in [0.05, 0.1) is 6.20 Å². The second-order valence-electron chi connectivity index (χ2n) is 5.39. The minimum atomic E-state index is 0.0995. The molecular formula is C13H26N4. The van der Waals surface area contributed by atoms with Gasteiger partial charge >= 0.3 is 0 Å². The molecule has 98 valence electrons. The Hall–Kier alpha value is -1.06. The van der Waals surface area contributed by atoms with Crippen LogP contribution in [0.2, 0.25) is 0 Å². The maximum atomic E-state index is 4.25. The van der Waals surface area contributed by atoms with E-state index in [0.717, 1.165) is 5.82 Å². The predicted octanol–water partition coefficient (Wildman–Crippen LogP) is 3.37. The van der Waals surface area contributed by atoms with Gasteiger partial charge in [0.15, 0.2) is 5.82 Å². The standard InChI is InChI=1S/C13H26N4/c1-5-6-7-8-9-10-13(2,3)15-12-11-14-17(4)16-12/h11H,5-10H2,1-4H3,(H,15,16). The lowest BCUT2D eigenvalue weighted by Crippen LogP contribution is -2.30. The molecule has 0 bridgehead atoms. The number of anilines is 1. The SMILES string of the molecule is CCCCCCCC(C)(C)Nc1cnn(C)n1. The van der Waals surface area contributed by atoms with Crippen LogP contribution in [-0.4, -0.2) is 20.5 Å². The van der Waals surface area contributed by atoms with Crippen molar-refractivity contribution < 1.29 is 0 Å². The van der Waals surface area contributed by atoms with E-state index in [4.69, 9.17) is 0 Å². The first-order chi connectivity index (χ1) is 8.03. The van der Waals surface area contributed by atoms with E-state index in [0.29, 0.717) is 0 Å². The highest BCUT2D eigenvalue weighted by atomic mass is 15.5. The van der Waals surface area contributed by atoms with Crippen molar-refractivity contribution in [2.45, 2.75) is 64.8 Å². The molecule has 1 rings (SSSR count). The molecule has 0 saturated heterocycles. The summed E-state index contributed by atoms with van der Waals surface area (Å²) in [5, 5.41) is 11.7. The molecule has 0 saturated carbocycles. The van der Waals surface area contributed by atoms with Crippen LogP contribution in [0.4, 0.5) is 5.82 Å². The fourth-order valence-corrected chi connectivity index (χ4v) is 1.98. The van der Waals surface area contributed by atoms with E-state index in [9.17, 15) is 0 Å². The summed E-state index contributed by atoms with van der Waals surface area (Å²) in [5.41, 5.74) is 0.0995. The Balaban J connectivity index is 2.25. The lowest BCUT2D eigenvalue weighted by Gasteiger charge is -2.25. The zero-order chi connectivity index (χ0) is 12.7. The zero-order valence-corrected chi connectivity index (χ0v) is 11.7. The number of hydrogen-bond donors (Lipinski definition) is 1. The molecule has 0 aliphatic rings. The largest absolute Gasteiger partial charge is 0.362 e. The van der Waals surface area contributed by atoms with E-state index in [1.54, 1.807) is 11.0 Å². The van der Waals surface area contributed by atoms with Crippen LogP contribution >= 0.6 is 0 Å². The fraction of sp³-hybridized carbons (Fsp3) is 0.846. The third kappa shape index (κ3) is 5.71. The van der Waals surface area contributed by atoms with E-state index in [2.05, 4.69) is 36.3 Å². The van der Waals surface area contributed by atoms with Crippen LogP contribution in [0.15, 0.2) is 6.20 Å². The molecule has 0 unspecified atom stereocenters. The molecule has 1 heterocycles. The predicted molar refractivity (Wildman–Crippen MR) is 72.1 cm³/mol. The Kier molecular flexibility index (Phi) is 5.45. The van der Waals surface area contributed by atoms with Crippen molar-refractivity contribution in [3.05, 3.63) is 6.20 Å². The lowest BCUT2D eigenvalue weighted by molar-refractivity contribution is 0.472. The fourth-order valence-electron chi connectivity index (χ4n) is 1.98. The number of nitrogens with one attached hydrogen (secondary N) is 1. The van der Waals surface area contributed by atoms with Gasteiger partial charge in [-0.15, -0.1) is 5.10 Å². The van der Waals surface area contributed by atoms with Crippen molar-refractivity contribution in [3.63, 3.8) is 0 Å². The summed E-state index contributed by atoms with van der Waals surface area (Å²) >= 11 is 0. The smallest absolute Gasteiger partial charge is 0.168 e. The normalized spacial score (nSPS) is 11.8. The molecular weight excluding hydrogens is 212 g/mol. The van der Waals surface area contributed by atoms with Crippen LogP contribution in [0.1, 0.15) is 59.3 Å². The van der Waals surface area contributed by atoms with Crippen molar-refractivity contribution in [1.82, 2.24) is 15.0 Å². The number of rotatable bonds is 8. The first-order valence-corrected chi connectivity index (χ1v) is 6.68. The van der Waals surface area contributed by atoms with Crippen LogP contribution in [-0.2, 0) is 7.05 Å². The Labute approximate surface area is 105 Å². The van der Waals surface area contributed by atoms with Gasteiger partial charge in [-0.3, -0.25) is 0 Å². The van der Waals surface area contributed by atoms with Gasteiger partial charge in [-0.1, -0.05) is 39.0 Å². The number of hydrogen-bond acceptors (Lipinski definition) is 3. The lowest BCUT2D eigenvalue weighted by atomic mass is 9.96. The topological polar surface area (TPSA) is 42.7 Å². The van der Waals surface area contributed by atoms with E-state index >= 15 is 0 Å². The van der Waals surface area contributed by atoms with Crippen LogP contribution < -0.4 is 5.32 Å². The van der Waals surface area contributed by atoms with E-state index in [1.165, 1.54) is 38.5 Å². The Morgan fingerprint density at radius 3 is 2.53 bits per heavy atom. The molecule has 1 aromatic heterocycles. The van der Waals surface area contributed by atoms with Crippen LogP contribution in [0.25, 0.3) is 0 Å². The molecule has 0 spiro atoms. The van der Waals surface area contributed by atoms with Gasteiger partial charge in [-0.05, 0) is 20.3 Å². The maximum absolute atomic E-state index is 4.25. The Morgan fingerprint density at radius 2 is 1.94 bits per heavy atom. The molecule has 17 heavy (non-hydrogen) atoms. The first-order valence-electron chi connectivity index (χ1n) is 6.68. The highest BCUT2D eigenvalue weighted by Gasteiger charge is 2.17.